The van der Waals surface area contributed by atoms with E-state index in [1.807, 2.05) is 11.4 Å². The average Bonchev–Trinajstić information content (AvgIpc) is 2.74. The van der Waals surface area contributed by atoms with Gasteiger partial charge in [0.2, 0.25) is 10.0 Å². The first-order valence-electron chi connectivity index (χ1n) is 5.38. The van der Waals surface area contributed by atoms with Gasteiger partial charge in [0.1, 0.15) is 5.75 Å². The second kappa shape index (κ2) is 5.62. The Labute approximate surface area is 124 Å². The zero-order valence-corrected chi connectivity index (χ0v) is 13.3. The van der Waals surface area contributed by atoms with Crippen LogP contribution in [-0.4, -0.2) is 24.9 Å². The highest BCUT2D eigenvalue weighted by molar-refractivity contribution is 9.10. The van der Waals surface area contributed by atoms with E-state index in [0.29, 0.717) is 6.54 Å². The van der Waals surface area contributed by atoms with Gasteiger partial charge in [-0.1, -0.05) is 6.07 Å². The van der Waals surface area contributed by atoms with Crippen LogP contribution in [0.25, 0.3) is 0 Å². The number of hydrogen-bond acceptors (Lipinski definition) is 4. The molecule has 7 heteroatoms. The number of nitrogens with zero attached hydrogens (tertiary/aromatic N) is 1. The highest BCUT2D eigenvalue weighted by Gasteiger charge is 2.21. The third-order valence-corrected chi connectivity index (χ3v) is 6.01. The van der Waals surface area contributed by atoms with Crippen molar-refractivity contribution in [1.82, 2.24) is 4.31 Å². The Morgan fingerprint density at radius 2 is 2.11 bits per heavy atom. The van der Waals surface area contributed by atoms with Crippen LogP contribution in [0.3, 0.4) is 0 Å². The lowest BCUT2D eigenvalue weighted by atomic mass is 10.3. The number of halogens is 1. The summed E-state index contributed by atoms with van der Waals surface area (Å²) in [5.41, 5.74) is 0. The van der Waals surface area contributed by atoms with Crippen molar-refractivity contribution >= 4 is 37.3 Å². The number of rotatable bonds is 4. The molecule has 0 atom stereocenters. The van der Waals surface area contributed by atoms with E-state index in [-0.39, 0.29) is 10.6 Å². The van der Waals surface area contributed by atoms with Gasteiger partial charge in [0.15, 0.2) is 0 Å². The van der Waals surface area contributed by atoms with E-state index < -0.39 is 10.0 Å². The van der Waals surface area contributed by atoms with E-state index in [1.54, 1.807) is 0 Å². The van der Waals surface area contributed by atoms with Crippen molar-refractivity contribution in [2.45, 2.75) is 11.4 Å². The monoisotopic (exact) mass is 361 g/mol. The summed E-state index contributed by atoms with van der Waals surface area (Å²) in [7, 11) is -2.06. The molecule has 0 fully saturated rings. The summed E-state index contributed by atoms with van der Waals surface area (Å²) in [5, 5.41) is 11.3. The van der Waals surface area contributed by atoms with Crippen molar-refractivity contribution in [1.29, 1.82) is 0 Å². The lowest BCUT2D eigenvalue weighted by molar-refractivity contribution is 0.462. The summed E-state index contributed by atoms with van der Waals surface area (Å²) in [5.74, 6) is -0.0617. The molecule has 2 rings (SSSR count). The van der Waals surface area contributed by atoms with Gasteiger partial charge in [-0.05, 0) is 40.2 Å². The van der Waals surface area contributed by atoms with Crippen molar-refractivity contribution in [3.8, 4) is 5.75 Å². The fourth-order valence-corrected chi connectivity index (χ4v) is 4.34. The maximum atomic E-state index is 12.3. The van der Waals surface area contributed by atoms with Gasteiger partial charge >= 0.3 is 0 Å². The minimum absolute atomic E-state index is 0.0617. The zero-order chi connectivity index (χ0) is 14.0. The van der Waals surface area contributed by atoms with Gasteiger partial charge in [0.25, 0.3) is 0 Å². The third-order valence-electron chi connectivity index (χ3n) is 2.53. The minimum Gasteiger partial charge on any atom is -0.508 e. The number of aromatic hydroxyl groups is 1. The van der Waals surface area contributed by atoms with Crippen molar-refractivity contribution < 1.29 is 13.5 Å². The first-order valence-corrected chi connectivity index (χ1v) is 8.49. The van der Waals surface area contributed by atoms with Gasteiger partial charge in [-0.15, -0.1) is 11.3 Å². The number of benzene rings is 1. The maximum Gasteiger partial charge on any atom is 0.243 e. The molecular weight excluding hydrogens is 350 g/mol. The molecule has 1 aromatic carbocycles. The Hall–Kier alpha value is -0.890. The average molecular weight is 362 g/mol. The molecule has 0 unspecified atom stereocenters. The van der Waals surface area contributed by atoms with Gasteiger partial charge in [-0.3, -0.25) is 0 Å². The molecule has 0 saturated carbocycles. The standard InChI is InChI=1S/C12H12BrNO3S2/c1-14(7-11-5-9(13)8-18-11)19(16,17)12-4-2-3-10(15)6-12/h2-6,8,15H,7H2,1H3. The van der Waals surface area contributed by atoms with Gasteiger partial charge in [-0.25, -0.2) is 8.42 Å². The normalized spacial score (nSPS) is 11.9. The van der Waals surface area contributed by atoms with Gasteiger partial charge < -0.3 is 5.11 Å². The second-order valence-corrected chi connectivity index (χ2v) is 7.95. The first kappa shape index (κ1) is 14.5. The van der Waals surface area contributed by atoms with E-state index in [0.717, 1.165) is 9.35 Å². The number of hydrogen-bond donors (Lipinski definition) is 1. The van der Waals surface area contributed by atoms with Crippen LogP contribution in [0.15, 0.2) is 45.1 Å². The lowest BCUT2D eigenvalue weighted by Gasteiger charge is -2.16. The quantitative estimate of drug-likeness (QED) is 0.910. The summed E-state index contributed by atoms with van der Waals surface area (Å²) in [6.45, 7) is 0.300. The number of phenolic OH excluding ortho intramolecular Hbond substituents is 1. The Bertz CT molecular complexity index is 682. The van der Waals surface area contributed by atoms with E-state index in [1.165, 1.54) is 47.0 Å². The van der Waals surface area contributed by atoms with Crippen molar-refractivity contribution in [2.24, 2.45) is 0 Å². The molecule has 0 amide bonds. The van der Waals surface area contributed by atoms with Crippen LogP contribution in [0.2, 0.25) is 0 Å². The molecule has 0 aliphatic heterocycles. The summed E-state index contributed by atoms with van der Waals surface area (Å²) in [6, 6.07) is 7.55. The van der Waals surface area contributed by atoms with Gasteiger partial charge in [-0.2, -0.15) is 4.31 Å². The maximum absolute atomic E-state index is 12.3. The SMILES string of the molecule is CN(Cc1cc(Br)cs1)S(=O)(=O)c1cccc(O)c1. The Morgan fingerprint density at radius 3 is 2.68 bits per heavy atom. The highest BCUT2D eigenvalue weighted by atomic mass is 79.9. The predicted octanol–water partition coefficient (Wildman–Crippen LogP) is 3.04. The first-order chi connectivity index (χ1) is 8.89. The van der Waals surface area contributed by atoms with Crippen LogP contribution in [0.1, 0.15) is 4.88 Å². The molecule has 0 radical (unpaired) electrons. The molecule has 19 heavy (non-hydrogen) atoms. The Morgan fingerprint density at radius 1 is 1.37 bits per heavy atom. The van der Waals surface area contributed by atoms with E-state index in [2.05, 4.69) is 15.9 Å². The zero-order valence-electron chi connectivity index (χ0n) is 10.1. The molecule has 0 aliphatic carbocycles. The fraction of sp³-hybridized carbons (Fsp3) is 0.167. The molecule has 4 nitrogen and oxygen atoms in total. The number of phenols is 1. The van der Waals surface area contributed by atoms with Crippen molar-refractivity contribution in [3.05, 3.63) is 45.1 Å². The lowest BCUT2D eigenvalue weighted by Crippen LogP contribution is -2.26. The topological polar surface area (TPSA) is 57.6 Å². The predicted molar refractivity (Wildman–Crippen MR) is 78.8 cm³/mol. The molecule has 1 aromatic heterocycles. The summed E-state index contributed by atoms with van der Waals surface area (Å²) in [6.07, 6.45) is 0. The molecule has 0 spiro atoms. The molecule has 0 bridgehead atoms. The van der Waals surface area contributed by atoms with E-state index in [4.69, 9.17) is 0 Å². The summed E-state index contributed by atoms with van der Waals surface area (Å²) >= 11 is 4.83. The van der Waals surface area contributed by atoms with Gasteiger partial charge in [0, 0.05) is 28.3 Å². The molecule has 1 N–H and O–H groups in total. The van der Waals surface area contributed by atoms with Crippen LogP contribution in [0.5, 0.6) is 5.75 Å². The fourth-order valence-electron chi connectivity index (χ4n) is 1.57. The molecule has 0 saturated heterocycles. The molecular formula is C12H12BrNO3S2. The van der Waals surface area contributed by atoms with Crippen molar-refractivity contribution in [3.63, 3.8) is 0 Å². The third kappa shape index (κ3) is 3.36. The van der Waals surface area contributed by atoms with Crippen LogP contribution in [-0.2, 0) is 16.6 Å². The molecule has 1 heterocycles. The van der Waals surface area contributed by atoms with E-state index in [9.17, 15) is 13.5 Å². The van der Waals surface area contributed by atoms with Crippen LogP contribution >= 0.6 is 27.3 Å². The van der Waals surface area contributed by atoms with Crippen LogP contribution in [0.4, 0.5) is 0 Å². The number of thiophene rings is 1. The smallest absolute Gasteiger partial charge is 0.243 e. The minimum atomic E-state index is -3.59. The summed E-state index contributed by atoms with van der Waals surface area (Å²) < 4.78 is 26.8. The Balaban J connectivity index is 2.24. The van der Waals surface area contributed by atoms with Crippen molar-refractivity contribution in [2.75, 3.05) is 7.05 Å². The molecule has 0 aliphatic rings. The second-order valence-electron chi connectivity index (χ2n) is 3.99. The van der Waals surface area contributed by atoms with Crippen LogP contribution in [0, 0.1) is 0 Å². The molecule has 2 aromatic rings. The van der Waals surface area contributed by atoms with Crippen LogP contribution < -0.4 is 0 Å². The van der Waals surface area contributed by atoms with E-state index >= 15 is 0 Å². The largest absolute Gasteiger partial charge is 0.508 e. The summed E-state index contributed by atoms with van der Waals surface area (Å²) in [4.78, 5) is 1.03. The highest BCUT2D eigenvalue weighted by Crippen LogP contribution is 2.24. The van der Waals surface area contributed by atoms with Gasteiger partial charge in [0.05, 0.1) is 4.90 Å². The Kier molecular flexibility index (Phi) is 4.29. The number of sulfonamides is 1. The molecule has 102 valence electrons.